The summed E-state index contributed by atoms with van der Waals surface area (Å²) in [6.07, 6.45) is 6.56. The van der Waals surface area contributed by atoms with Crippen molar-refractivity contribution in [1.82, 2.24) is 15.1 Å². The molecule has 0 radical (unpaired) electrons. The largest absolute Gasteiger partial charge is 0.348 e. The van der Waals surface area contributed by atoms with Gasteiger partial charge < -0.3 is 5.32 Å². The van der Waals surface area contributed by atoms with Crippen LogP contribution < -0.4 is 5.32 Å². The van der Waals surface area contributed by atoms with Crippen molar-refractivity contribution < 1.29 is 4.79 Å². The second-order valence-corrected chi connectivity index (χ2v) is 9.50. The molecule has 0 bridgehead atoms. The van der Waals surface area contributed by atoms with E-state index < -0.39 is 0 Å². The lowest BCUT2D eigenvalue weighted by atomic mass is 9.98. The van der Waals surface area contributed by atoms with Crippen molar-refractivity contribution >= 4 is 5.91 Å². The molecule has 2 aromatic carbocycles. The van der Waals surface area contributed by atoms with Gasteiger partial charge in [-0.1, -0.05) is 49.7 Å². The van der Waals surface area contributed by atoms with Gasteiger partial charge in [-0.2, -0.15) is 0 Å². The van der Waals surface area contributed by atoms with Crippen molar-refractivity contribution in [3.8, 4) is 0 Å². The van der Waals surface area contributed by atoms with Crippen LogP contribution in [0.2, 0.25) is 0 Å². The molecule has 0 aromatic heterocycles. The Balaban J connectivity index is 1.26. The molecule has 2 heterocycles. The van der Waals surface area contributed by atoms with Crippen molar-refractivity contribution in [3.63, 3.8) is 0 Å². The molecule has 2 aromatic rings. The highest BCUT2D eigenvalue weighted by Crippen LogP contribution is 2.19. The van der Waals surface area contributed by atoms with Gasteiger partial charge in [-0.3, -0.25) is 14.6 Å². The van der Waals surface area contributed by atoms with Crippen LogP contribution in [0.1, 0.15) is 66.1 Å². The third-order valence-electron chi connectivity index (χ3n) is 6.80. The Hall–Kier alpha value is -2.17. The lowest BCUT2D eigenvalue weighted by Crippen LogP contribution is -2.32. The fourth-order valence-electron chi connectivity index (χ4n) is 4.74. The van der Waals surface area contributed by atoms with Crippen molar-refractivity contribution in [2.24, 2.45) is 5.92 Å². The van der Waals surface area contributed by atoms with Crippen LogP contribution in [-0.4, -0.2) is 41.9 Å². The monoisotopic (exact) mass is 419 g/mol. The maximum Gasteiger partial charge on any atom is 0.251 e. The minimum atomic E-state index is -0.0000521. The van der Waals surface area contributed by atoms with Crippen LogP contribution in [0, 0.1) is 5.92 Å². The van der Waals surface area contributed by atoms with E-state index >= 15 is 0 Å². The van der Waals surface area contributed by atoms with E-state index in [9.17, 15) is 4.79 Å². The van der Waals surface area contributed by atoms with Gasteiger partial charge in [0.2, 0.25) is 0 Å². The minimum absolute atomic E-state index is 0.0000521. The Morgan fingerprint density at radius 3 is 2.23 bits per heavy atom. The summed E-state index contributed by atoms with van der Waals surface area (Å²) in [6.45, 7) is 9.68. The molecular formula is C27H37N3O. The Bertz CT molecular complexity index is 834. The maximum atomic E-state index is 12.6. The van der Waals surface area contributed by atoms with Crippen LogP contribution in [0.5, 0.6) is 0 Å². The molecule has 31 heavy (non-hydrogen) atoms. The Kier molecular flexibility index (Phi) is 7.76. The van der Waals surface area contributed by atoms with Crippen molar-refractivity contribution in [3.05, 3.63) is 70.8 Å². The molecular weight excluding hydrogens is 382 g/mol. The number of carbonyl (C=O) groups excluding carboxylic acids is 1. The predicted molar refractivity (Wildman–Crippen MR) is 127 cm³/mol. The normalized spacial score (nSPS) is 18.7. The highest BCUT2D eigenvalue weighted by molar-refractivity contribution is 5.94. The standard InChI is InChI=1S/C27H37N3O/c1-22-12-16-30(17-13-22)21-25-7-5-6-24(18-25)19-28-27(31)26-10-8-23(9-11-26)20-29-14-3-2-4-15-29/h5-11,18,22H,2-4,12-17,19-21H2,1H3,(H,28,31). The van der Waals surface area contributed by atoms with Crippen molar-refractivity contribution in [2.45, 2.75) is 58.7 Å². The zero-order chi connectivity index (χ0) is 21.5. The Labute approximate surface area is 187 Å². The number of hydrogen-bond acceptors (Lipinski definition) is 3. The van der Waals surface area contributed by atoms with E-state index in [0.717, 1.165) is 30.1 Å². The fraction of sp³-hybridized carbons (Fsp3) is 0.519. The van der Waals surface area contributed by atoms with Crippen LogP contribution in [0.3, 0.4) is 0 Å². The predicted octanol–water partition coefficient (Wildman–Crippen LogP) is 4.83. The first-order chi connectivity index (χ1) is 15.2. The third kappa shape index (κ3) is 6.65. The molecule has 0 saturated carbocycles. The molecule has 4 heteroatoms. The zero-order valence-electron chi connectivity index (χ0n) is 19.0. The fourth-order valence-corrected chi connectivity index (χ4v) is 4.74. The number of piperidine rings is 2. The number of nitrogens with one attached hydrogen (secondary N) is 1. The number of hydrogen-bond donors (Lipinski definition) is 1. The number of amides is 1. The molecule has 166 valence electrons. The minimum Gasteiger partial charge on any atom is -0.348 e. The maximum absolute atomic E-state index is 12.6. The van der Waals surface area contributed by atoms with E-state index in [1.807, 2.05) is 12.1 Å². The van der Waals surface area contributed by atoms with Crippen LogP contribution in [0.15, 0.2) is 48.5 Å². The van der Waals surface area contributed by atoms with E-state index in [1.165, 1.54) is 69.4 Å². The second-order valence-electron chi connectivity index (χ2n) is 9.50. The first kappa shape index (κ1) is 22.0. The summed E-state index contributed by atoms with van der Waals surface area (Å²) >= 11 is 0. The molecule has 2 aliphatic rings. The quantitative estimate of drug-likeness (QED) is 0.698. The van der Waals surface area contributed by atoms with Crippen molar-refractivity contribution in [2.75, 3.05) is 26.2 Å². The smallest absolute Gasteiger partial charge is 0.251 e. The van der Waals surface area contributed by atoms with Gasteiger partial charge in [0.15, 0.2) is 0 Å². The van der Waals surface area contributed by atoms with Crippen LogP contribution in [0.25, 0.3) is 0 Å². The van der Waals surface area contributed by atoms with E-state index in [1.54, 1.807) is 0 Å². The first-order valence-corrected chi connectivity index (χ1v) is 12.1. The summed E-state index contributed by atoms with van der Waals surface area (Å²) in [5.74, 6) is 0.858. The van der Waals surface area contributed by atoms with Gasteiger partial charge in [0.05, 0.1) is 0 Å². The molecule has 0 spiro atoms. The van der Waals surface area contributed by atoms with E-state index in [2.05, 4.69) is 58.4 Å². The van der Waals surface area contributed by atoms with Crippen LogP contribution in [-0.2, 0) is 19.6 Å². The van der Waals surface area contributed by atoms with Gasteiger partial charge in [0.1, 0.15) is 0 Å². The SMILES string of the molecule is CC1CCN(Cc2cccc(CNC(=O)c3ccc(CN4CCCCC4)cc3)c2)CC1. The number of nitrogens with zero attached hydrogens (tertiary/aromatic N) is 2. The summed E-state index contributed by atoms with van der Waals surface area (Å²) in [5.41, 5.74) is 4.53. The molecule has 2 aliphatic heterocycles. The molecule has 0 atom stereocenters. The van der Waals surface area contributed by atoms with Gasteiger partial charge in [-0.15, -0.1) is 0 Å². The molecule has 0 aliphatic carbocycles. The lowest BCUT2D eigenvalue weighted by molar-refractivity contribution is 0.0951. The lowest BCUT2D eigenvalue weighted by Gasteiger charge is -2.30. The zero-order valence-corrected chi connectivity index (χ0v) is 19.0. The third-order valence-corrected chi connectivity index (χ3v) is 6.80. The first-order valence-electron chi connectivity index (χ1n) is 12.1. The average molecular weight is 420 g/mol. The van der Waals surface area contributed by atoms with Gasteiger partial charge in [-0.05, 0) is 86.6 Å². The molecule has 0 unspecified atom stereocenters. The van der Waals surface area contributed by atoms with E-state index in [0.29, 0.717) is 6.54 Å². The summed E-state index contributed by atoms with van der Waals surface area (Å²) in [7, 11) is 0. The van der Waals surface area contributed by atoms with Gasteiger partial charge in [0, 0.05) is 25.2 Å². The Morgan fingerprint density at radius 1 is 0.839 bits per heavy atom. The van der Waals surface area contributed by atoms with E-state index in [-0.39, 0.29) is 5.91 Å². The topological polar surface area (TPSA) is 35.6 Å². The molecule has 4 nitrogen and oxygen atoms in total. The highest BCUT2D eigenvalue weighted by atomic mass is 16.1. The van der Waals surface area contributed by atoms with Crippen molar-refractivity contribution in [1.29, 1.82) is 0 Å². The molecule has 4 rings (SSSR count). The van der Waals surface area contributed by atoms with Gasteiger partial charge in [-0.25, -0.2) is 0 Å². The number of likely N-dealkylation sites (tertiary alicyclic amines) is 2. The van der Waals surface area contributed by atoms with E-state index in [4.69, 9.17) is 0 Å². The summed E-state index contributed by atoms with van der Waals surface area (Å²) < 4.78 is 0. The second kappa shape index (κ2) is 10.9. The number of carbonyl (C=O) groups is 1. The molecule has 2 saturated heterocycles. The average Bonchev–Trinajstić information content (AvgIpc) is 2.80. The van der Waals surface area contributed by atoms with Gasteiger partial charge >= 0.3 is 0 Å². The van der Waals surface area contributed by atoms with Crippen LogP contribution >= 0.6 is 0 Å². The molecule has 1 N–H and O–H groups in total. The van der Waals surface area contributed by atoms with Gasteiger partial charge in [0.25, 0.3) is 5.91 Å². The Morgan fingerprint density at radius 2 is 1.48 bits per heavy atom. The number of rotatable bonds is 7. The summed E-state index contributed by atoms with van der Waals surface area (Å²) in [6, 6.07) is 16.8. The van der Waals surface area contributed by atoms with Crippen LogP contribution in [0.4, 0.5) is 0 Å². The number of benzene rings is 2. The molecule has 2 fully saturated rings. The summed E-state index contributed by atoms with van der Waals surface area (Å²) in [4.78, 5) is 17.7. The summed E-state index contributed by atoms with van der Waals surface area (Å²) in [5, 5.41) is 3.09. The highest BCUT2D eigenvalue weighted by Gasteiger charge is 2.16. The molecule has 1 amide bonds.